The molecule has 1 fully saturated rings. The van der Waals surface area contributed by atoms with Crippen LogP contribution in [0.1, 0.15) is 31.5 Å². The number of hydrogen-bond donors (Lipinski definition) is 0. The highest BCUT2D eigenvalue weighted by Gasteiger charge is 2.30. The number of aryl methyl sites for hydroxylation is 1. The molecule has 0 bridgehead atoms. The summed E-state index contributed by atoms with van der Waals surface area (Å²) in [6, 6.07) is 4.46. The zero-order chi connectivity index (χ0) is 15.0. The van der Waals surface area contributed by atoms with Crippen LogP contribution in [0, 0.1) is 19.8 Å². The molecule has 21 heavy (non-hydrogen) atoms. The third kappa shape index (κ3) is 2.50. The second-order valence-electron chi connectivity index (χ2n) is 6.02. The normalized spacial score (nSPS) is 21.8. The zero-order valence-corrected chi connectivity index (χ0v) is 13.2. The number of pyridine rings is 1. The first-order valence-electron chi connectivity index (χ1n) is 7.60. The number of aromatic nitrogens is 3. The van der Waals surface area contributed by atoms with E-state index in [-0.39, 0.29) is 0 Å². The fourth-order valence-corrected chi connectivity index (χ4v) is 2.92. The summed E-state index contributed by atoms with van der Waals surface area (Å²) in [5, 5.41) is 0. The second kappa shape index (κ2) is 5.43. The Kier molecular flexibility index (Phi) is 3.62. The smallest absolute Gasteiger partial charge is 0.161 e. The third-order valence-corrected chi connectivity index (χ3v) is 4.71. The number of rotatable bonds is 2. The van der Waals surface area contributed by atoms with Gasteiger partial charge in [0.25, 0.3) is 0 Å². The van der Waals surface area contributed by atoms with Gasteiger partial charge in [-0.15, -0.1) is 0 Å². The van der Waals surface area contributed by atoms with Crippen molar-refractivity contribution in [2.45, 2.75) is 40.2 Å². The van der Waals surface area contributed by atoms with Crippen LogP contribution in [0.4, 0.5) is 5.82 Å². The Hall–Kier alpha value is -1.97. The van der Waals surface area contributed by atoms with Crippen LogP contribution in [-0.4, -0.2) is 27.5 Å². The molecule has 2 aromatic heterocycles. The fourth-order valence-electron chi connectivity index (χ4n) is 2.92. The van der Waals surface area contributed by atoms with Gasteiger partial charge in [-0.1, -0.05) is 6.92 Å². The molecule has 1 aliphatic rings. The lowest BCUT2D eigenvalue weighted by atomic mass is 10.1. The van der Waals surface area contributed by atoms with E-state index in [9.17, 15) is 0 Å². The van der Waals surface area contributed by atoms with Crippen molar-refractivity contribution >= 4 is 5.82 Å². The maximum Gasteiger partial charge on any atom is 0.161 e. The molecule has 2 unspecified atom stereocenters. The lowest BCUT2D eigenvalue weighted by Crippen LogP contribution is -2.31. The summed E-state index contributed by atoms with van der Waals surface area (Å²) in [5.41, 5.74) is 3.27. The zero-order valence-electron chi connectivity index (χ0n) is 13.2. The van der Waals surface area contributed by atoms with Crippen molar-refractivity contribution in [3.05, 3.63) is 35.8 Å². The van der Waals surface area contributed by atoms with E-state index in [0.29, 0.717) is 12.0 Å². The molecule has 0 spiro atoms. The van der Waals surface area contributed by atoms with Crippen molar-refractivity contribution in [3.8, 4) is 11.4 Å². The number of hydrogen-bond acceptors (Lipinski definition) is 4. The van der Waals surface area contributed by atoms with E-state index in [1.165, 1.54) is 12.0 Å². The SMILES string of the molecule is Cc1nc(-c2ccncc2)nc(N2CCC(C)C2C)c1C. The lowest BCUT2D eigenvalue weighted by Gasteiger charge is -2.27. The van der Waals surface area contributed by atoms with E-state index in [1.807, 2.05) is 12.1 Å². The molecule has 0 aromatic carbocycles. The van der Waals surface area contributed by atoms with E-state index >= 15 is 0 Å². The van der Waals surface area contributed by atoms with Crippen LogP contribution in [0.5, 0.6) is 0 Å². The van der Waals surface area contributed by atoms with Crippen LogP contribution in [0.25, 0.3) is 11.4 Å². The molecule has 1 aliphatic heterocycles. The van der Waals surface area contributed by atoms with Crippen LogP contribution < -0.4 is 4.90 Å². The second-order valence-corrected chi connectivity index (χ2v) is 6.02. The van der Waals surface area contributed by atoms with E-state index in [2.05, 4.69) is 42.6 Å². The Morgan fingerprint density at radius 1 is 1.10 bits per heavy atom. The maximum atomic E-state index is 4.86. The van der Waals surface area contributed by atoms with Crippen molar-refractivity contribution in [2.75, 3.05) is 11.4 Å². The minimum Gasteiger partial charge on any atom is -0.353 e. The van der Waals surface area contributed by atoms with Crippen molar-refractivity contribution < 1.29 is 0 Å². The molecule has 0 saturated carbocycles. The van der Waals surface area contributed by atoms with Crippen LogP contribution in [-0.2, 0) is 0 Å². The molecular weight excluding hydrogens is 260 g/mol. The van der Waals surface area contributed by atoms with Gasteiger partial charge in [-0.2, -0.15) is 0 Å². The Balaban J connectivity index is 2.07. The van der Waals surface area contributed by atoms with Gasteiger partial charge in [0.05, 0.1) is 0 Å². The van der Waals surface area contributed by atoms with Crippen molar-refractivity contribution in [2.24, 2.45) is 5.92 Å². The topological polar surface area (TPSA) is 41.9 Å². The molecule has 1 saturated heterocycles. The summed E-state index contributed by atoms with van der Waals surface area (Å²) in [7, 11) is 0. The highest BCUT2D eigenvalue weighted by atomic mass is 15.2. The van der Waals surface area contributed by atoms with Crippen LogP contribution in [0.3, 0.4) is 0 Å². The van der Waals surface area contributed by atoms with Crippen LogP contribution >= 0.6 is 0 Å². The fraction of sp³-hybridized carbons (Fsp3) is 0.471. The lowest BCUT2D eigenvalue weighted by molar-refractivity contribution is 0.544. The molecule has 3 heterocycles. The van der Waals surface area contributed by atoms with Gasteiger partial charge in [-0.05, 0) is 45.2 Å². The Morgan fingerprint density at radius 2 is 1.81 bits per heavy atom. The summed E-state index contributed by atoms with van der Waals surface area (Å²) >= 11 is 0. The van der Waals surface area contributed by atoms with E-state index in [4.69, 9.17) is 4.98 Å². The Labute approximate surface area is 126 Å². The van der Waals surface area contributed by atoms with E-state index < -0.39 is 0 Å². The van der Waals surface area contributed by atoms with E-state index in [1.54, 1.807) is 12.4 Å². The molecule has 0 amide bonds. The molecule has 110 valence electrons. The molecule has 2 aromatic rings. The van der Waals surface area contributed by atoms with Crippen molar-refractivity contribution in [3.63, 3.8) is 0 Å². The van der Waals surface area contributed by atoms with Gasteiger partial charge in [0, 0.05) is 41.8 Å². The summed E-state index contributed by atoms with van der Waals surface area (Å²) in [5.74, 6) is 2.59. The van der Waals surface area contributed by atoms with Gasteiger partial charge in [0.2, 0.25) is 0 Å². The van der Waals surface area contributed by atoms with Crippen LogP contribution in [0.15, 0.2) is 24.5 Å². The first-order chi connectivity index (χ1) is 10.1. The van der Waals surface area contributed by atoms with Gasteiger partial charge < -0.3 is 4.90 Å². The average Bonchev–Trinajstić information content (AvgIpc) is 2.83. The number of nitrogens with zero attached hydrogens (tertiary/aromatic N) is 4. The van der Waals surface area contributed by atoms with Gasteiger partial charge in [0.15, 0.2) is 5.82 Å². The quantitative estimate of drug-likeness (QED) is 0.846. The maximum absolute atomic E-state index is 4.86. The highest BCUT2D eigenvalue weighted by Crippen LogP contribution is 2.32. The van der Waals surface area contributed by atoms with Crippen LogP contribution in [0.2, 0.25) is 0 Å². The minimum absolute atomic E-state index is 0.531. The molecular formula is C17H22N4. The Morgan fingerprint density at radius 3 is 2.43 bits per heavy atom. The summed E-state index contributed by atoms with van der Waals surface area (Å²) in [6.45, 7) is 9.87. The van der Waals surface area contributed by atoms with Gasteiger partial charge in [0.1, 0.15) is 5.82 Å². The van der Waals surface area contributed by atoms with Crippen molar-refractivity contribution in [1.82, 2.24) is 15.0 Å². The Bertz CT molecular complexity index is 639. The predicted octanol–water partition coefficient (Wildman–Crippen LogP) is 3.39. The molecule has 3 rings (SSSR count). The third-order valence-electron chi connectivity index (χ3n) is 4.71. The average molecular weight is 282 g/mol. The summed E-state index contributed by atoms with van der Waals surface area (Å²) in [4.78, 5) is 16.0. The molecule has 0 aliphatic carbocycles. The minimum atomic E-state index is 0.531. The van der Waals surface area contributed by atoms with Gasteiger partial charge in [-0.25, -0.2) is 9.97 Å². The highest BCUT2D eigenvalue weighted by molar-refractivity contribution is 5.60. The first-order valence-corrected chi connectivity index (χ1v) is 7.60. The van der Waals surface area contributed by atoms with Gasteiger partial charge >= 0.3 is 0 Å². The standard InChI is InChI=1S/C17H22N4/c1-11-7-10-21(14(11)4)17-12(2)13(3)19-16(20-17)15-5-8-18-9-6-15/h5-6,8-9,11,14H,7,10H2,1-4H3. The summed E-state index contributed by atoms with van der Waals surface area (Å²) in [6.07, 6.45) is 4.80. The first kappa shape index (κ1) is 14.0. The number of anilines is 1. The van der Waals surface area contributed by atoms with Crippen molar-refractivity contribution in [1.29, 1.82) is 0 Å². The molecule has 4 nitrogen and oxygen atoms in total. The molecule has 2 atom stereocenters. The van der Waals surface area contributed by atoms with E-state index in [0.717, 1.165) is 29.4 Å². The molecule has 0 N–H and O–H groups in total. The predicted molar refractivity (Wildman–Crippen MR) is 85.3 cm³/mol. The molecule has 0 radical (unpaired) electrons. The monoisotopic (exact) mass is 282 g/mol. The molecule has 4 heteroatoms. The summed E-state index contributed by atoms with van der Waals surface area (Å²) < 4.78 is 0. The van der Waals surface area contributed by atoms with Gasteiger partial charge in [-0.3, -0.25) is 4.98 Å². The largest absolute Gasteiger partial charge is 0.353 e.